The van der Waals surface area contributed by atoms with Crippen molar-refractivity contribution in [1.82, 2.24) is 10.2 Å². The summed E-state index contributed by atoms with van der Waals surface area (Å²) in [6, 6.07) is 9.45. The topological polar surface area (TPSA) is 74.5 Å². The Morgan fingerprint density at radius 3 is 2.57 bits per heavy atom. The fraction of sp³-hybridized carbons (Fsp3) is 0.286. The first-order chi connectivity index (χ1) is 13.4. The van der Waals surface area contributed by atoms with Crippen LogP contribution in [0.5, 0.6) is 11.5 Å². The molecule has 0 aliphatic carbocycles. The van der Waals surface area contributed by atoms with Gasteiger partial charge in [-0.2, -0.15) is 0 Å². The van der Waals surface area contributed by atoms with Crippen LogP contribution in [0.2, 0.25) is 0 Å². The van der Waals surface area contributed by atoms with Crippen molar-refractivity contribution in [3.63, 3.8) is 0 Å². The Labute approximate surface area is 167 Å². The molecule has 1 aromatic heterocycles. The van der Waals surface area contributed by atoms with E-state index in [9.17, 15) is 4.79 Å². The molecule has 0 saturated carbocycles. The third kappa shape index (κ3) is 3.49. The Hall–Kier alpha value is -2.80. The van der Waals surface area contributed by atoms with Crippen LogP contribution in [0.25, 0.3) is 11.5 Å². The highest BCUT2D eigenvalue weighted by Crippen LogP contribution is 2.36. The second kappa shape index (κ2) is 7.31. The summed E-state index contributed by atoms with van der Waals surface area (Å²) in [4.78, 5) is 12.9. The van der Waals surface area contributed by atoms with Crippen LogP contribution in [0.1, 0.15) is 34.0 Å². The van der Waals surface area contributed by atoms with Gasteiger partial charge >= 0.3 is 0 Å². The molecule has 1 atom stereocenters. The molecule has 3 aromatic rings. The summed E-state index contributed by atoms with van der Waals surface area (Å²) in [7, 11) is 0. The van der Waals surface area contributed by atoms with Gasteiger partial charge in [-0.1, -0.05) is 17.8 Å². The number of aromatic nitrogens is 2. The minimum absolute atomic E-state index is 0.0495. The number of ether oxygens (including phenoxy) is 2. The maximum Gasteiger partial charge on any atom is 0.277 e. The van der Waals surface area contributed by atoms with Crippen molar-refractivity contribution < 1.29 is 18.7 Å². The highest BCUT2D eigenvalue weighted by atomic mass is 32.2. The van der Waals surface area contributed by atoms with Crippen molar-refractivity contribution in [2.24, 2.45) is 0 Å². The Bertz CT molecular complexity index is 1060. The number of Topliss-reactive ketones (excluding diaryl/α,β-unsaturated/α-hetero) is 1. The molecule has 1 aliphatic heterocycles. The molecule has 2 aromatic carbocycles. The zero-order valence-electron chi connectivity index (χ0n) is 16.1. The molecule has 0 fully saturated rings. The third-order valence-corrected chi connectivity index (χ3v) is 5.71. The number of carbonyl (C=O) groups excluding carboxylic acids is 1. The van der Waals surface area contributed by atoms with Crippen molar-refractivity contribution in [3.05, 3.63) is 52.6 Å². The second-order valence-electron chi connectivity index (χ2n) is 6.82. The van der Waals surface area contributed by atoms with E-state index in [1.165, 1.54) is 17.3 Å². The Morgan fingerprint density at radius 2 is 1.75 bits per heavy atom. The summed E-state index contributed by atoms with van der Waals surface area (Å²) in [6.07, 6.45) is 0. The van der Waals surface area contributed by atoms with Gasteiger partial charge in [0.15, 0.2) is 17.3 Å². The quantitative estimate of drug-likeness (QED) is 0.455. The molecular weight excluding hydrogens is 376 g/mol. The fourth-order valence-corrected chi connectivity index (χ4v) is 3.80. The van der Waals surface area contributed by atoms with Gasteiger partial charge in [-0.3, -0.25) is 4.79 Å². The number of hydrogen-bond donors (Lipinski definition) is 0. The van der Waals surface area contributed by atoms with Gasteiger partial charge in [-0.25, -0.2) is 0 Å². The average Bonchev–Trinajstić information content (AvgIpc) is 3.32. The molecule has 0 bridgehead atoms. The Balaban J connectivity index is 1.51. The average molecular weight is 396 g/mol. The van der Waals surface area contributed by atoms with Crippen molar-refractivity contribution in [1.29, 1.82) is 0 Å². The zero-order chi connectivity index (χ0) is 19.8. The normalized spacial score (nSPS) is 13.6. The molecule has 0 saturated heterocycles. The number of aryl methyl sites for hydroxylation is 3. The van der Waals surface area contributed by atoms with E-state index >= 15 is 0 Å². The summed E-state index contributed by atoms with van der Waals surface area (Å²) in [5, 5.41) is 8.19. The lowest BCUT2D eigenvalue weighted by molar-refractivity contribution is 0.0993. The van der Waals surface area contributed by atoms with Crippen LogP contribution in [-0.4, -0.2) is 28.0 Å². The van der Waals surface area contributed by atoms with Gasteiger partial charge in [0, 0.05) is 11.1 Å². The number of rotatable bonds is 5. The molecule has 1 unspecified atom stereocenters. The van der Waals surface area contributed by atoms with E-state index in [0.717, 1.165) is 22.3 Å². The van der Waals surface area contributed by atoms with E-state index in [4.69, 9.17) is 13.9 Å². The monoisotopic (exact) mass is 396 g/mol. The summed E-state index contributed by atoms with van der Waals surface area (Å²) in [5.74, 6) is 1.77. The molecule has 2 heterocycles. The molecule has 0 spiro atoms. The number of nitrogens with zero attached hydrogens (tertiary/aromatic N) is 2. The van der Waals surface area contributed by atoms with Gasteiger partial charge in [0.25, 0.3) is 5.22 Å². The number of ketones is 1. The maximum atomic E-state index is 12.9. The van der Waals surface area contributed by atoms with E-state index in [1.807, 2.05) is 52.0 Å². The van der Waals surface area contributed by atoms with Gasteiger partial charge in [-0.05, 0) is 68.7 Å². The van der Waals surface area contributed by atoms with E-state index < -0.39 is 0 Å². The zero-order valence-corrected chi connectivity index (χ0v) is 16.9. The molecule has 7 heteroatoms. The van der Waals surface area contributed by atoms with Crippen LogP contribution < -0.4 is 9.47 Å². The van der Waals surface area contributed by atoms with E-state index in [1.54, 1.807) is 6.07 Å². The lowest BCUT2D eigenvalue weighted by Gasteiger charge is -2.12. The first-order valence-electron chi connectivity index (χ1n) is 8.94. The molecule has 0 N–H and O–H groups in total. The lowest BCUT2D eigenvalue weighted by atomic mass is 9.97. The van der Waals surface area contributed by atoms with Crippen LogP contribution >= 0.6 is 11.8 Å². The molecule has 0 radical (unpaired) electrons. The predicted molar refractivity (Wildman–Crippen MR) is 106 cm³/mol. The number of thioether (sulfide) groups is 1. The smallest absolute Gasteiger partial charge is 0.277 e. The molecule has 144 valence electrons. The van der Waals surface area contributed by atoms with E-state index in [0.29, 0.717) is 22.6 Å². The van der Waals surface area contributed by atoms with E-state index in [2.05, 4.69) is 10.2 Å². The summed E-state index contributed by atoms with van der Waals surface area (Å²) >= 11 is 1.26. The standard InChI is InChI=1S/C21H20N2O4S/c1-11-7-13(3)16(8-12(11)2)19(24)14(4)28-21-23-22-20(27-21)15-5-6-17-18(9-15)26-10-25-17/h5-9,14H,10H2,1-4H3. The van der Waals surface area contributed by atoms with E-state index in [-0.39, 0.29) is 17.8 Å². The first kappa shape index (κ1) is 18.6. The number of fused-ring (bicyclic) bond motifs is 1. The molecule has 28 heavy (non-hydrogen) atoms. The number of hydrogen-bond acceptors (Lipinski definition) is 7. The van der Waals surface area contributed by atoms with Crippen LogP contribution in [0.3, 0.4) is 0 Å². The minimum atomic E-state index is -0.342. The SMILES string of the molecule is Cc1cc(C)c(C(=O)C(C)Sc2nnc(-c3ccc4c(c3)OCO4)o2)cc1C. The maximum absolute atomic E-state index is 12.9. The summed E-state index contributed by atoms with van der Waals surface area (Å²) in [6.45, 7) is 8.08. The highest BCUT2D eigenvalue weighted by Gasteiger charge is 2.22. The Morgan fingerprint density at radius 1 is 1.00 bits per heavy atom. The third-order valence-electron chi connectivity index (χ3n) is 4.78. The molecule has 4 rings (SSSR count). The molecule has 1 aliphatic rings. The van der Waals surface area contributed by atoms with Gasteiger partial charge in [0.1, 0.15) is 0 Å². The number of carbonyl (C=O) groups is 1. The molecule has 6 nitrogen and oxygen atoms in total. The van der Waals surface area contributed by atoms with Crippen LogP contribution in [-0.2, 0) is 0 Å². The lowest BCUT2D eigenvalue weighted by Crippen LogP contribution is -2.15. The van der Waals surface area contributed by atoms with Crippen molar-refractivity contribution in [2.45, 2.75) is 38.2 Å². The van der Waals surface area contributed by atoms with Gasteiger partial charge in [-0.15, -0.1) is 10.2 Å². The van der Waals surface area contributed by atoms with Crippen molar-refractivity contribution in [3.8, 4) is 23.0 Å². The van der Waals surface area contributed by atoms with Gasteiger partial charge in [0.2, 0.25) is 12.7 Å². The largest absolute Gasteiger partial charge is 0.454 e. The second-order valence-corrected chi connectivity index (χ2v) is 8.11. The van der Waals surface area contributed by atoms with Crippen molar-refractivity contribution >= 4 is 17.5 Å². The first-order valence-corrected chi connectivity index (χ1v) is 9.82. The number of benzene rings is 2. The molecular formula is C21H20N2O4S. The summed E-state index contributed by atoms with van der Waals surface area (Å²) in [5.41, 5.74) is 4.74. The Kier molecular flexibility index (Phi) is 4.85. The van der Waals surface area contributed by atoms with Crippen LogP contribution in [0.4, 0.5) is 0 Å². The summed E-state index contributed by atoms with van der Waals surface area (Å²) < 4.78 is 16.4. The van der Waals surface area contributed by atoms with Crippen LogP contribution in [0, 0.1) is 20.8 Å². The fourth-order valence-electron chi connectivity index (χ4n) is 3.05. The predicted octanol–water partition coefficient (Wildman–Crippen LogP) is 4.75. The van der Waals surface area contributed by atoms with Gasteiger partial charge < -0.3 is 13.9 Å². The molecule has 0 amide bonds. The van der Waals surface area contributed by atoms with Gasteiger partial charge in [0.05, 0.1) is 5.25 Å². The van der Waals surface area contributed by atoms with Crippen LogP contribution in [0.15, 0.2) is 40.0 Å². The minimum Gasteiger partial charge on any atom is -0.454 e. The van der Waals surface area contributed by atoms with Crippen molar-refractivity contribution in [2.75, 3.05) is 6.79 Å². The highest BCUT2D eigenvalue weighted by molar-refractivity contribution is 8.00.